The van der Waals surface area contributed by atoms with Crippen molar-refractivity contribution in [3.63, 3.8) is 0 Å². The maximum absolute atomic E-state index is 6.41. The van der Waals surface area contributed by atoms with Gasteiger partial charge in [0.15, 0.2) is 36.2 Å². The zero-order valence-electron chi connectivity index (χ0n) is 31.2. The number of benzene rings is 1. The summed E-state index contributed by atoms with van der Waals surface area (Å²) < 4.78 is 80.1. The largest absolute Gasteiger partial charge is 0.385 e. The highest BCUT2D eigenvalue weighted by molar-refractivity contribution is 5.13. The van der Waals surface area contributed by atoms with Gasteiger partial charge in [0, 0.05) is 44.7 Å². The van der Waals surface area contributed by atoms with Gasteiger partial charge in [-0.05, 0) is 66.4 Å². The molecule has 0 N–H and O–H groups in total. The molecule has 0 bridgehead atoms. The van der Waals surface area contributed by atoms with Gasteiger partial charge in [-0.15, -0.1) is 0 Å². The highest BCUT2D eigenvalue weighted by Crippen LogP contribution is 2.45. The fraction of sp³-hybridized carbons (Fsp3) is 0.842. The van der Waals surface area contributed by atoms with Gasteiger partial charge in [0.1, 0.15) is 18.3 Å². The molecule has 0 aromatic heterocycles. The molecule has 51 heavy (non-hydrogen) atoms. The van der Waals surface area contributed by atoms with E-state index < -0.39 is 36.2 Å². The van der Waals surface area contributed by atoms with Gasteiger partial charge < -0.3 is 61.6 Å². The minimum Gasteiger partial charge on any atom is -0.385 e. The molecule has 0 spiro atoms. The zero-order chi connectivity index (χ0) is 35.8. The Bertz CT molecular complexity index is 1260. The maximum atomic E-state index is 6.41. The van der Waals surface area contributed by atoms with Crippen molar-refractivity contribution < 1.29 is 61.6 Å². The fourth-order valence-corrected chi connectivity index (χ4v) is 8.32. The van der Waals surface area contributed by atoms with Crippen LogP contribution in [0.25, 0.3) is 0 Å². The topological polar surface area (TPSA) is 120 Å². The van der Waals surface area contributed by atoms with Crippen LogP contribution in [0.1, 0.15) is 66.4 Å². The van der Waals surface area contributed by atoms with E-state index in [1.54, 1.807) is 7.11 Å². The average molecular weight is 723 g/mol. The smallest absolute Gasteiger partial charge is 0.187 e. The Morgan fingerprint density at radius 3 is 1.31 bits per heavy atom. The first-order chi connectivity index (χ1) is 24.4. The molecular weight excluding hydrogens is 664 g/mol. The van der Waals surface area contributed by atoms with E-state index >= 15 is 0 Å². The average Bonchev–Trinajstić information content (AvgIpc) is 3.86. The Kier molecular flexibility index (Phi) is 11.8. The molecule has 12 atom stereocenters. The molecule has 1 aromatic rings. The summed E-state index contributed by atoms with van der Waals surface area (Å²) >= 11 is 0. The van der Waals surface area contributed by atoms with Crippen LogP contribution in [0, 0.1) is 17.8 Å². The second kappa shape index (κ2) is 15.8. The minimum absolute atomic E-state index is 0.0162. The number of fused-ring (bicyclic) bond motifs is 3. The van der Waals surface area contributed by atoms with Crippen molar-refractivity contribution in [3.05, 3.63) is 35.9 Å². The van der Waals surface area contributed by atoms with Crippen LogP contribution in [0.5, 0.6) is 0 Å². The van der Waals surface area contributed by atoms with Gasteiger partial charge in [-0.2, -0.15) is 0 Å². The van der Waals surface area contributed by atoms with E-state index in [9.17, 15) is 0 Å². The number of hydrogen-bond acceptors (Lipinski definition) is 13. The number of rotatable bonds is 17. The Morgan fingerprint density at radius 1 is 0.510 bits per heavy atom. The molecule has 6 aliphatic rings. The van der Waals surface area contributed by atoms with E-state index in [2.05, 4.69) is 12.1 Å². The van der Waals surface area contributed by atoms with E-state index in [-0.39, 0.29) is 54.4 Å². The second-order valence-electron chi connectivity index (χ2n) is 15.9. The van der Waals surface area contributed by atoms with Crippen molar-refractivity contribution in [3.8, 4) is 0 Å². The Hall–Kier alpha value is -1.30. The van der Waals surface area contributed by atoms with E-state index in [1.807, 2.05) is 59.7 Å². The molecule has 6 fully saturated rings. The summed E-state index contributed by atoms with van der Waals surface area (Å²) in [6.45, 7) is 15.0. The summed E-state index contributed by atoms with van der Waals surface area (Å²) in [6.07, 6.45) is -0.133. The molecule has 6 aliphatic heterocycles. The van der Waals surface area contributed by atoms with E-state index in [1.165, 1.54) is 0 Å². The van der Waals surface area contributed by atoms with Crippen LogP contribution in [-0.4, -0.2) is 120 Å². The van der Waals surface area contributed by atoms with Crippen molar-refractivity contribution in [1.29, 1.82) is 0 Å². The highest BCUT2D eigenvalue weighted by atomic mass is 16.8. The predicted octanol–water partition coefficient (Wildman–Crippen LogP) is 4.53. The number of methoxy groups -OCH3 is 1. The molecule has 0 amide bonds. The van der Waals surface area contributed by atoms with E-state index in [0.717, 1.165) is 12.0 Å². The van der Waals surface area contributed by atoms with Gasteiger partial charge in [0.25, 0.3) is 0 Å². The first kappa shape index (κ1) is 38.0. The van der Waals surface area contributed by atoms with E-state index in [0.29, 0.717) is 59.1 Å². The molecule has 0 radical (unpaired) electrons. The molecule has 6 heterocycles. The maximum Gasteiger partial charge on any atom is 0.187 e. The van der Waals surface area contributed by atoms with E-state index in [4.69, 9.17) is 61.6 Å². The van der Waals surface area contributed by atoms with Crippen LogP contribution in [-0.2, 0) is 68.2 Å². The van der Waals surface area contributed by atoms with Gasteiger partial charge in [-0.3, -0.25) is 0 Å². The van der Waals surface area contributed by atoms with Gasteiger partial charge in [-0.1, -0.05) is 30.3 Å². The molecule has 0 saturated carbocycles. The van der Waals surface area contributed by atoms with Crippen molar-refractivity contribution in [2.45, 2.75) is 140 Å². The number of hydrogen-bond donors (Lipinski definition) is 0. The normalized spacial score (nSPS) is 40.1. The lowest BCUT2D eigenvalue weighted by Gasteiger charge is -2.27. The monoisotopic (exact) mass is 722 g/mol. The molecule has 13 nitrogen and oxygen atoms in total. The Morgan fingerprint density at radius 2 is 0.902 bits per heavy atom. The first-order valence-corrected chi connectivity index (χ1v) is 18.7. The van der Waals surface area contributed by atoms with Gasteiger partial charge >= 0.3 is 0 Å². The van der Waals surface area contributed by atoms with Crippen LogP contribution in [0.4, 0.5) is 0 Å². The molecular formula is C38H58O13. The van der Waals surface area contributed by atoms with Crippen molar-refractivity contribution in [2.24, 2.45) is 17.8 Å². The quantitative estimate of drug-likeness (QED) is 0.210. The molecule has 0 unspecified atom stereocenters. The summed E-state index contributed by atoms with van der Waals surface area (Å²) in [4.78, 5) is 0. The van der Waals surface area contributed by atoms with Crippen molar-refractivity contribution >= 4 is 0 Å². The van der Waals surface area contributed by atoms with Crippen molar-refractivity contribution in [1.82, 2.24) is 0 Å². The lowest BCUT2D eigenvalue weighted by molar-refractivity contribution is -0.215. The van der Waals surface area contributed by atoms with Gasteiger partial charge in [0.05, 0.1) is 44.7 Å². The Balaban J connectivity index is 0.904. The van der Waals surface area contributed by atoms with Gasteiger partial charge in [-0.25, -0.2) is 0 Å². The van der Waals surface area contributed by atoms with Crippen LogP contribution in [0.2, 0.25) is 0 Å². The zero-order valence-corrected chi connectivity index (χ0v) is 31.2. The molecule has 0 aliphatic carbocycles. The summed E-state index contributed by atoms with van der Waals surface area (Å²) in [7, 11) is 1.70. The first-order valence-electron chi connectivity index (χ1n) is 18.7. The minimum atomic E-state index is -0.724. The SMILES string of the molecule is COCC[C@H]1O[C@@H]2OC(C)(C)O[C@@H]2[C@@H]1COCC[C@H]1O[C@@H]2OC(C)(C)O[C@@H]2[C@@H]1COCC[C@H]1O[C@@H]2OC(C)(C)O[C@@H]2[C@@H]1COCc1ccccc1. The molecule has 6 saturated heterocycles. The lowest BCUT2D eigenvalue weighted by atomic mass is 9.96. The second-order valence-corrected chi connectivity index (χ2v) is 15.9. The third kappa shape index (κ3) is 8.99. The Labute approximate surface area is 302 Å². The summed E-state index contributed by atoms with van der Waals surface area (Å²) in [5.74, 6) is -2.08. The fourth-order valence-electron chi connectivity index (χ4n) is 8.32. The standard InChI is InChI=1S/C38H58O13/c1-36(2)46-30-24(27(13-16-39-7)43-33(30)49-36)20-40-17-14-28-25(31-34(44-28)50-37(3,4)47-31)21-41-18-15-29-26(22-42-19-23-11-9-8-10-12-23)32-35(45-29)51-38(5,6)48-32/h8-12,24-35H,13-22H2,1-7H3/t24-,25-,26-,27-,28-,29-,30-,31-,32-,33-,34-,35-/m1/s1. The van der Waals surface area contributed by atoms with Crippen LogP contribution >= 0.6 is 0 Å². The molecule has 7 rings (SSSR count). The highest BCUT2D eigenvalue weighted by Gasteiger charge is 2.57. The lowest BCUT2D eigenvalue weighted by Crippen LogP contribution is -2.36. The molecule has 1 aromatic carbocycles. The third-order valence-electron chi connectivity index (χ3n) is 10.6. The summed E-state index contributed by atoms with van der Waals surface area (Å²) in [5.41, 5.74) is 1.13. The van der Waals surface area contributed by atoms with Crippen molar-refractivity contribution in [2.75, 3.05) is 46.8 Å². The summed E-state index contributed by atoms with van der Waals surface area (Å²) in [5, 5.41) is 0. The van der Waals surface area contributed by atoms with Crippen LogP contribution in [0.15, 0.2) is 30.3 Å². The van der Waals surface area contributed by atoms with Crippen LogP contribution in [0.3, 0.4) is 0 Å². The summed E-state index contributed by atoms with van der Waals surface area (Å²) in [6, 6.07) is 10.2. The predicted molar refractivity (Wildman–Crippen MR) is 180 cm³/mol. The van der Waals surface area contributed by atoms with Crippen LogP contribution < -0.4 is 0 Å². The van der Waals surface area contributed by atoms with Gasteiger partial charge in [0.2, 0.25) is 0 Å². The molecule has 288 valence electrons. The molecule has 13 heteroatoms. The third-order valence-corrected chi connectivity index (χ3v) is 10.6. The number of ether oxygens (including phenoxy) is 13.